The summed E-state index contributed by atoms with van der Waals surface area (Å²) >= 11 is 10.7. The monoisotopic (exact) mass is 255 g/mol. The van der Waals surface area contributed by atoms with Crippen molar-refractivity contribution in [3.8, 4) is 5.75 Å². The van der Waals surface area contributed by atoms with E-state index in [0.717, 1.165) is 6.07 Å². The Bertz CT molecular complexity index is 398. The Labute approximate surface area is 94.0 Å². The summed E-state index contributed by atoms with van der Waals surface area (Å²) in [4.78, 5) is 14.2. The van der Waals surface area contributed by atoms with Gasteiger partial charge in [0.15, 0.2) is 0 Å². The third-order valence-electron chi connectivity index (χ3n) is 1.60. The minimum Gasteiger partial charge on any atom is -0.496 e. The zero-order chi connectivity index (χ0) is 11.6. The van der Waals surface area contributed by atoms with Crippen molar-refractivity contribution >= 4 is 28.4 Å². The minimum absolute atomic E-state index is 0.120. The predicted octanol–water partition coefficient (Wildman–Crippen LogP) is 3.06. The van der Waals surface area contributed by atoms with Gasteiger partial charge in [0.25, 0.3) is 11.7 Å². The van der Waals surface area contributed by atoms with Gasteiger partial charge in [0, 0.05) is 6.07 Å². The standard InChI is InChI=1S/C8H5Cl2F2NO2/c1-15-4-2-3(8(11)12)13-6(9)5(4)7(10)14/h2,8H,1H3. The summed E-state index contributed by atoms with van der Waals surface area (Å²) in [6, 6.07) is 0.923. The number of carbonyl (C=O) groups excluding carboxylic acids is 1. The van der Waals surface area contributed by atoms with Crippen LogP contribution in [0, 0.1) is 0 Å². The number of nitrogens with zero attached hydrogens (tertiary/aromatic N) is 1. The van der Waals surface area contributed by atoms with Gasteiger partial charge in [-0.25, -0.2) is 13.8 Å². The number of pyridine rings is 1. The van der Waals surface area contributed by atoms with Crippen molar-refractivity contribution < 1.29 is 18.3 Å². The average molecular weight is 256 g/mol. The number of halogens is 4. The van der Waals surface area contributed by atoms with Gasteiger partial charge >= 0.3 is 0 Å². The molecule has 1 rings (SSSR count). The van der Waals surface area contributed by atoms with Crippen LogP contribution in [-0.2, 0) is 0 Å². The second kappa shape index (κ2) is 4.72. The Morgan fingerprint density at radius 1 is 1.60 bits per heavy atom. The van der Waals surface area contributed by atoms with Crippen molar-refractivity contribution in [3.63, 3.8) is 0 Å². The summed E-state index contributed by atoms with van der Waals surface area (Å²) in [7, 11) is 1.21. The van der Waals surface area contributed by atoms with Crippen LogP contribution >= 0.6 is 23.2 Å². The number of methoxy groups -OCH3 is 1. The SMILES string of the molecule is COc1cc(C(F)F)nc(Cl)c1C(=O)Cl. The molecule has 82 valence electrons. The second-order valence-electron chi connectivity index (χ2n) is 2.49. The molecule has 0 aliphatic carbocycles. The molecule has 0 N–H and O–H groups in total. The van der Waals surface area contributed by atoms with Gasteiger partial charge in [0.2, 0.25) is 0 Å². The third kappa shape index (κ3) is 2.54. The van der Waals surface area contributed by atoms with Crippen LogP contribution in [0.25, 0.3) is 0 Å². The van der Waals surface area contributed by atoms with Crippen LogP contribution in [0.2, 0.25) is 5.15 Å². The lowest BCUT2D eigenvalue weighted by Crippen LogP contribution is -2.02. The van der Waals surface area contributed by atoms with Crippen molar-refractivity contribution in [1.82, 2.24) is 4.98 Å². The predicted molar refractivity (Wildman–Crippen MR) is 50.9 cm³/mol. The fourth-order valence-corrected chi connectivity index (χ4v) is 1.47. The molecule has 0 fully saturated rings. The van der Waals surface area contributed by atoms with Gasteiger partial charge in [0.05, 0.1) is 7.11 Å². The van der Waals surface area contributed by atoms with Crippen LogP contribution in [0.1, 0.15) is 22.5 Å². The van der Waals surface area contributed by atoms with E-state index < -0.39 is 22.5 Å². The Hall–Kier alpha value is -0.940. The van der Waals surface area contributed by atoms with E-state index in [1.165, 1.54) is 7.11 Å². The van der Waals surface area contributed by atoms with E-state index in [2.05, 4.69) is 4.98 Å². The van der Waals surface area contributed by atoms with E-state index in [0.29, 0.717) is 0 Å². The van der Waals surface area contributed by atoms with Gasteiger partial charge in [0.1, 0.15) is 22.2 Å². The molecule has 0 saturated carbocycles. The van der Waals surface area contributed by atoms with Crippen LogP contribution in [0.15, 0.2) is 6.07 Å². The largest absolute Gasteiger partial charge is 0.496 e. The normalized spacial score (nSPS) is 10.5. The highest BCUT2D eigenvalue weighted by Crippen LogP contribution is 2.30. The highest BCUT2D eigenvalue weighted by molar-refractivity contribution is 6.69. The molecule has 15 heavy (non-hydrogen) atoms. The van der Waals surface area contributed by atoms with Crippen molar-refractivity contribution in [2.24, 2.45) is 0 Å². The third-order valence-corrected chi connectivity index (χ3v) is 2.06. The lowest BCUT2D eigenvalue weighted by atomic mass is 10.2. The maximum absolute atomic E-state index is 12.3. The van der Waals surface area contributed by atoms with Crippen LogP contribution < -0.4 is 4.74 Å². The van der Waals surface area contributed by atoms with Crippen LogP contribution in [0.3, 0.4) is 0 Å². The molecule has 0 atom stereocenters. The molecule has 0 radical (unpaired) electrons. The molecule has 3 nitrogen and oxygen atoms in total. The van der Waals surface area contributed by atoms with Gasteiger partial charge in [-0.3, -0.25) is 4.79 Å². The molecule has 0 aliphatic rings. The fraction of sp³-hybridized carbons (Fsp3) is 0.250. The van der Waals surface area contributed by atoms with Crippen molar-refractivity contribution in [2.75, 3.05) is 7.11 Å². The quantitative estimate of drug-likeness (QED) is 0.616. The maximum Gasteiger partial charge on any atom is 0.280 e. The van der Waals surface area contributed by atoms with E-state index in [-0.39, 0.29) is 11.3 Å². The van der Waals surface area contributed by atoms with E-state index in [4.69, 9.17) is 27.9 Å². The number of ether oxygens (including phenoxy) is 1. The molecule has 1 aromatic heterocycles. The van der Waals surface area contributed by atoms with E-state index in [1.54, 1.807) is 0 Å². The molecule has 1 aromatic rings. The number of alkyl halides is 2. The molecule has 0 spiro atoms. The first-order valence-corrected chi connectivity index (χ1v) is 4.45. The first-order chi connectivity index (χ1) is 6.97. The average Bonchev–Trinajstić information content (AvgIpc) is 2.15. The molecule has 0 unspecified atom stereocenters. The summed E-state index contributed by atoms with van der Waals surface area (Å²) < 4.78 is 29.3. The smallest absolute Gasteiger partial charge is 0.280 e. The van der Waals surface area contributed by atoms with E-state index in [9.17, 15) is 13.6 Å². The summed E-state index contributed by atoms with van der Waals surface area (Å²) in [5.41, 5.74) is -0.788. The number of aromatic nitrogens is 1. The highest BCUT2D eigenvalue weighted by Gasteiger charge is 2.20. The van der Waals surface area contributed by atoms with Gasteiger partial charge in [-0.1, -0.05) is 11.6 Å². The van der Waals surface area contributed by atoms with Crippen molar-refractivity contribution in [3.05, 3.63) is 22.5 Å². The van der Waals surface area contributed by atoms with Gasteiger partial charge in [-0.15, -0.1) is 0 Å². The molecule has 7 heteroatoms. The first-order valence-electron chi connectivity index (χ1n) is 3.69. The molecule has 0 aromatic carbocycles. The lowest BCUT2D eigenvalue weighted by Gasteiger charge is -2.08. The fourth-order valence-electron chi connectivity index (χ4n) is 0.960. The summed E-state index contributed by atoms with van der Waals surface area (Å²) in [6.07, 6.45) is -2.80. The Kier molecular flexibility index (Phi) is 3.82. The Balaban J connectivity index is 3.37. The molecular formula is C8H5Cl2F2NO2. The first kappa shape index (κ1) is 12.1. The summed E-state index contributed by atoms with van der Waals surface area (Å²) in [6.45, 7) is 0. The lowest BCUT2D eigenvalue weighted by molar-refractivity contribution is 0.107. The topological polar surface area (TPSA) is 39.2 Å². The number of rotatable bonds is 3. The molecular weight excluding hydrogens is 251 g/mol. The molecule has 0 amide bonds. The van der Waals surface area contributed by atoms with E-state index in [1.807, 2.05) is 0 Å². The zero-order valence-electron chi connectivity index (χ0n) is 7.43. The Morgan fingerprint density at radius 3 is 2.60 bits per heavy atom. The minimum atomic E-state index is -2.80. The van der Waals surface area contributed by atoms with Gasteiger partial charge in [-0.2, -0.15) is 0 Å². The van der Waals surface area contributed by atoms with Crippen molar-refractivity contribution in [2.45, 2.75) is 6.43 Å². The molecule has 1 heterocycles. The van der Waals surface area contributed by atoms with E-state index >= 15 is 0 Å². The number of carbonyl (C=O) groups is 1. The maximum atomic E-state index is 12.3. The summed E-state index contributed by atoms with van der Waals surface area (Å²) in [5.74, 6) is -0.120. The number of hydrogen-bond donors (Lipinski definition) is 0. The second-order valence-corrected chi connectivity index (χ2v) is 3.19. The summed E-state index contributed by atoms with van der Waals surface area (Å²) in [5, 5.41) is -1.31. The zero-order valence-corrected chi connectivity index (χ0v) is 8.94. The van der Waals surface area contributed by atoms with Crippen LogP contribution in [0.5, 0.6) is 5.75 Å². The molecule has 0 bridgehead atoms. The van der Waals surface area contributed by atoms with Gasteiger partial charge < -0.3 is 4.74 Å². The van der Waals surface area contributed by atoms with Crippen molar-refractivity contribution in [1.29, 1.82) is 0 Å². The van der Waals surface area contributed by atoms with Gasteiger partial charge in [-0.05, 0) is 11.6 Å². The Morgan fingerprint density at radius 2 is 2.20 bits per heavy atom. The highest BCUT2D eigenvalue weighted by atomic mass is 35.5. The molecule has 0 aliphatic heterocycles. The van der Waals surface area contributed by atoms with Crippen LogP contribution in [-0.4, -0.2) is 17.3 Å². The number of hydrogen-bond acceptors (Lipinski definition) is 3. The molecule has 0 saturated heterocycles. The van der Waals surface area contributed by atoms with Crippen LogP contribution in [0.4, 0.5) is 8.78 Å².